The lowest BCUT2D eigenvalue weighted by Crippen LogP contribution is -2.46. The van der Waals surface area contributed by atoms with E-state index in [4.69, 9.17) is 4.74 Å². The molecule has 1 aliphatic carbocycles. The third-order valence-electron chi connectivity index (χ3n) is 4.51. The van der Waals surface area contributed by atoms with Crippen molar-refractivity contribution in [2.24, 2.45) is 0 Å². The predicted octanol–water partition coefficient (Wildman–Crippen LogP) is 3.04. The van der Waals surface area contributed by atoms with E-state index in [-0.39, 0.29) is 18.2 Å². The number of ether oxygens (including phenoxy) is 1. The second-order valence-corrected chi connectivity index (χ2v) is 6.46. The highest BCUT2D eigenvalue weighted by atomic mass is 16.5. The van der Waals surface area contributed by atoms with Gasteiger partial charge in [0, 0.05) is 12.6 Å². The lowest BCUT2D eigenvalue weighted by molar-refractivity contribution is 0.00261. The van der Waals surface area contributed by atoms with Gasteiger partial charge in [0.25, 0.3) is 0 Å². The quantitative estimate of drug-likeness (QED) is 0.874. The van der Waals surface area contributed by atoms with Gasteiger partial charge < -0.3 is 9.84 Å². The van der Waals surface area contributed by atoms with E-state index in [1.807, 2.05) is 0 Å². The van der Waals surface area contributed by atoms with Crippen molar-refractivity contribution < 1.29 is 9.84 Å². The van der Waals surface area contributed by atoms with Crippen LogP contribution in [-0.2, 0) is 4.74 Å². The topological polar surface area (TPSA) is 32.7 Å². The summed E-state index contributed by atoms with van der Waals surface area (Å²) in [5.74, 6) is 0.563. The molecule has 0 aromatic heterocycles. The molecule has 0 amide bonds. The minimum absolute atomic E-state index is 0.214. The Morgan fingerprint density at radius 1 is 1.24 bits per heavy atom. The Labute approximate surface area is 128 Å². The Morgan fingerprint density at radius 3 is 2.62 bits per heavy atom. The van der Waals surface area contributed by atoms with Gasteiger partial charge in [-0.15, -0.1) is 0 Å². The zero-order valence-corrected chi connectivity index (χ0v) is 13.5. The molecule has 118 valence electrons. The molecule has 1 N–H and O–H groups in total. The molecule has 0 bridgehead atoms. The maximum atomic E-state index is 10.3. The van der Waals surface area contributed by atoms with E-state index in [1.165, 1.54) is 5.56 Å². The van der Waals surface area contributed by atoms with E-state index in [0.717, 1.165) is 32.4 Å². The number of likely N-dealkylation sites (N-methyl/N-ethyl adjacent to an activating group) is 1. The average molecular weight is 291 g/mol. The third-order valence-corrected chi connectivity index (χ3v) is 4.51. The van der Waals surface area contributed by atoms with E-state index in [1.54, 1.807) is 0 Å². The summed E-state index contributed by atoms with van der Waals surface area (Å²) in [6, 6.07) is 10.9. The molecule has 0 radical (unpaired) electrons. The van der Waals surface area contributed by atoms with Gasteiger partial charge >= 0.3 is 0 Å². The average Bonchev–Trinajstić information content (AvgIpc) is 2.48. The summed E-state index contributed by atoms with van der Waals surface area (Å²) in [7, 11) is 2.10. The van der Waals surface area contributed by atoms with Crippen LogP contribution in [0.4, 0.5) is 0 Å². The van der Waals surface area contributed by atoms with E-state index >= 15 is 0 Å². The van der Waals surface area contributed by atoms with Gasteiger partial charge in [-0.3, -0.25) is 4.90 Å². The molecule has 1 fully saturated rings. The lowest BCUT2D eigenvalue weighted by Gasteiger charge is -2.39. The van der Waals surface area contributed by atoms with E-state index in [9.17, 15) is 5.11 Å². The number of hydrogen-bond acceptors (Lipinski definition) is 3. The number of aliphatic hydroxyl groups excluding tert-OH is 1. The van der Waals surface area contributed by atoms with Crippen molar-refractivity contribution in [3.05, 3.63) is 35.9 Å². The Bertz CT molecular complexity index is 407. The van der Waals surface area contributed by atoms with Crippen molar-refractivity contribution in [2.75, 3.05) is 20.2 Å². The Balaban J connectivity index is 1.91. The first-order valence-corrected chi connectivity index (χ1v) is 8.12. The van der Waals surface area contributed by atoms with Crippen molar-refractivity contribution in [1.82, 2.24) is 4.90 Å². The zero-order valence-electron chi connectivity index (χ0n) is 13.5. The number of rotatable bonds is 6. The Kier molecular flexibility index (Phi) is 6.22. The van der Waals surface area contributed by atoms with Gasteiger partial charge in [0.1, 0.15) is 0 Å². The van der Waals surface area contributed by atoms with Crippen LogP contribution in [0.15, 0.2) is 30.3 Å². The first-order valence-electron chi connectivity index (χ1n) is 8.12. The summed E-state index contributed by atoms with van der Waals surface area (Å²) in [6.07, 6.45) is 3.06. The van der Waals surface area contributed by atoms with Crippen LogP contribution in [0.2, 0.25) is 0 Å². The van der Waals surface area contributed by atoms with Crippen molar-refractivity contribution >= 4 is 0 Å². The molecule has 3 nitrogen and oxygen atoms in total. The molecular formula is C18H29NO2. The van der Waals surface area contributed by atoms with Crippen molar-refractivity contribution in [3.63, 3.8) is 0 Å². The minimum atomic E-state index is -0.214. The van der Waals surface area contributed by atoms with Crippen molar-refractivity contribution in [2.45, 2.75) is 57.3 Å². The van der Waals surface area contributed by atoms with Crippen LogP contribution in [-0.4, -0.2) is 48.5 Å². The second-order valence-electron chi connectivity index (χ2n) is 6.46. The van der Waals surface area contributed by atoms with Gasteiger partial charge in [-0.2, -0.15) is 0 Å². The molecule has 1 aliphatic rings. The SMILES string of the molecule is CC(C)OCCN(C)C1CC(c2ccccc2)CCC1O. The molecule has 0 spiro atoms. The molecular weight excluding hydrogens is 262 g/mol. The molecule has 0 heterocycles. The molecule has 1 aromatic carbocycles. The largest absolute Gasteiger partial charge is 0.391 e. The molecule has 1 saturated carbocycles. The van der Waals surface area contributed by atoms with Gasteiger partial charge in [0.2, 0.25) is 0 Å². The fourth-order valence-corrected chi connectivity index (χ4v) is 3.23. The van der Waals surface area contributed by atoms with Gasteiger partial charge in [-0.05, 0) is 51.6 Å². The molecule has 3 heteroatoms. The highest BCUT2D eigenvalue weighted by Crippen LogP contribution is 2.34. The maximum Gasteiger partial charge on any atom is 0.0695 e. The summed E-state index contributed by atoms with van der Waals surface area (Å²) in [5.41, 5.74) is 1.40. The van der Waals surface area contributed by atoms with Gasteiger partial charge in [-0.1, -0.05) is 30.3 Å². The predicted molar refractivity (Wildman–Crippen MR) is 86.5 cm³/mol. The van der Waals surface area contributed by atoms with Gasteiger partial charge in [0.15, 0.2) is 0 Å². The number of benzene rings is 1. The smallest absolute Gasteiger partial charge is 0.0695 e. The van der Waals surface area contributed by atoms with E-state index in [0.29, 0.717) is 5.92 Å². The Morgan fingerprint density at radius 2 is 1.95 bits per heavy atom. The van der Waals surface area contributed by atoms with Crippen LogP contribution in [0.1, 0.15) is 44.6 Å². The summed E-state index contributed by atoms with van der Waals surface area (Å²) in [5, 5.41) is 10.3. The van der Waals surface area contributed by atoms with Crippen LogP contribution < -0.4 is 0 Å². The summed E-state index contributed by atoms with van der Waals surface area (Å²) < 4.78 is 5.63. The maximum absolute atomic E-state index is 10.3. The molecule has 3 unspecified atom stereocenters. The summed E-state index contributed by atoms with van der Waals surface area (Å²) >= 11 is 0. The van der Waals surface area contributed by atoms with Gasteiger partial charge in [-0.25, -0.2) is 0 Å². The number of hydrogen-bond donors (Lipinski definition) is 1. The Hall–Kier alpha value is -0.900. The number of nitrogens with zero attached hydrogens (tertiary/aromatic N) is 1. The van der Waals surface area contributed by atoms with E-state index in [2.05, 4.69) is 56.1 Å². The van der Waals surface area contributed by atoms with Crippen molar-refractivity contribution in [3.8, 4) is 0 Å². The first kappa shape index (κ1) is 16.5. The molecule has 0 aliphatic heterocycles. The lowest BCUT2D eigenvalue weighted by atomic mass is 9.79. The summed E-state index contributed by atoms with van der Waals surface area (Å²) in [4.78, 5) is 2.27. The van der Waals surface area contributed by atoms with Crippen LogP contribution in [0.25, 0.3) is 0 Å². The standard InChI is InChI=1S/C18H29NO2/c1-14(2)21-12-11-19(3)17-13-16(9-10-18(17)20)15-7-5-4-6-8-15/h4-8,14,16-18,20H,9-13H2,1-3H3. The van der Waals surface area contributed by atoms with Crippen LogP contribution >= 0.6 is 0 Å². The zero-order chi connectivity index (χ0) is 15.2. The molecule has 2 rings (SSSR count). The first-order chi connectivity index (χ1) is 10.1. The fourth-order valence-electron chi connectivity index (χ4n) is 3.23. The third kappa shape index (κ3) is 4.80. The normalized spacial score (nSPS) is 26.5. The molecule has 0 saturated heterocycles. The van der Waals surface area contributed by atoms with Crippen LogP contribution in [0.5, 0.6) is 0 Å². The fraction of sp³-hybridized carbons (Fsp3) is 0.667. The van der Waals surface area contributed by atoms with Gasteiger partial charge in [0.05, 0.1) is 18.8 Å². The van der Waals surface area contributed by atoms with E-state index < -0.39 is 0 Å². The minimum Gasteiger partial charge on any atom is -0.391 e. The van der Waals surface area contributed by atoms with Crippen LogP contribution in [0, 0.1) is 0 Å². The number of aliphatic hydroxyl groups is 1. The highest BCUT2D eigenvalue weighted by molar-refractivity contribution is 5.20. The highest BCUT2D eigenvalue weighted by Gasteiger charge is 2.32. The summed E-state index contributed by atoms with van der Waals surface area (Å²) in [6.45, 7) is 5.72. The molecule has 3 atom stereocenters. The monoisotopic (exact) mass is 291 g/mol. The second kappa shape index (κ2) is 7.92. The molecule has 1 aromatic rings. The molecule has 21 heavy (non-hydrogen) atoms. The van der Waals surface area contributed by atoms with Crippen molar-refractivity contribution in [1.29, 1.82) is 0 Å². The van der Waals surface area contributed by atoms with Crippen LogP contribution in [0.3, 0.4) is 0 Å².